The highest BCUT2D eigenvalue weighted by Crippen LogP contribution is 2.28. The Labute approximate surface area is 150 Å². The standard InChI is InChI=1S/C17H18ClNO6/c1-22-14-3-2-4-15(12-14)24-9-7-23-8-10-25-17-6-5-13(19(20)21)11-16(17)18/h2-6,11-12H,7-10H2,1H3. The van der Waals surface area contributed by atoms with Crippen molar-refractivity contribution in [2.75, 3.05) is 33.5 Å². The van der Waals surface area contributed by atoms with E-state index in [2.05, 4.69) is 0 Å². The largest absolute Gasteiger partial charge is 0.497 e. The summed E-state index contributed by atoms with van der Waals surface area (Å²) in [5.74, 6) is 1.81. The molecule has 25 heavy (non-hydrogen) atoms. The number of halogens is 1. The van der Waals surface area contributed by atoms with Crippen molar-refractivity contribution in [2.24, 2.45) is 0 Å². The van der Waals surface area contributed by atoms with Crippen LogP contribution in [0, 0.1) is 10.1 Å². The maximum atomic E-state index is 10.6. The molecule has 0 bridgehead atoms. The molecule has 0 aliphatic rings. The van der Waals surface area contributed by atoms with Gasteiger partial charge < -0.3 is 18.9 Å². The van der Waals surface area contributed by atoms with E-state index in [1.807, 2.05) is 18.2 Å². The number of nitro groups is 1. The van der Waals surface area contributed by atoms with Crippen LogP contribution in [0.3, 0.4) is 0 Å². The van der Waals surface area contributed by atoms with Gasteiger partial charge in [-0.2, -0.15) is 0 Å². The molecule has 0 amide bonds. The summed E-state index contributed by atoms with van der Waals surface area (Å²) in [6.45, 7) is 1.41. The van der Waals surface area contributed by atoms with E-state index in [9.17, 15) is 10.1 Å². The Bertz CT molecular complexity index is 709. The molecule has 0 aliphatic carbocycles. The van der Waals surface area contributed by atoms with Crippen molar-refractivity contribution in [3.05, 3.63) is 57.6 Å². The first kappa shape index (κ1) is 18.8. The molecule has 7 nitrogen and oxygen atoms in total. The summed E-state index contributed by atoms with van der Waals surface area (Å²) < 4.78 is 21.5. The first-order chi connectivity index (χ1) is 12.1. The minimum atomic E-state index is -0.513. The van der Waals surface area contributed by atoms with E-state index in [0.29, 0.717) is 31.3 Å². The van der Waals surface area contributed by atoms with Gasteiger partial charge in [0.05, 0.1) is 30.3 Å². The third kappa shape index (κ3) is 6.13. The quantitative estimate of drug-likeness (QED) is 0.361. The predicted molar refractivity (Wildman–Crippen MR) is 92.9 cm³/mol. The lowest BCUT2D eigenvalue weighted by Crippen LogP contribution is -2.12. The van der Waals surface area contributed by atoms with Crippen LogP contribution in [-0.4, -0.2) is 38.5 Å². The fourth-order valence-electron chi connectivity index (χ4n) is 1.94. The molecule has 0 saturated heterocycles. The molecule has 2 aromatic carbocycles. The number of ether oxygens (including phenoxy) is 4. The molecular weight excluding hydrogens is 350 g/mol. The van der Waals surface area contributed by atoms with Gasteiger partial charge in [0.2, 0.25) is 0 Å². The molecule has 0 saturated carbocycles. The zero-order chi connectivity index (χ0) is 18.1. The van der Waals surface area contributed by atoms with E-state index < -0.39 is 4.92 Å². The van der Waals surface area contributed by atoms with E-state index in [1.165, 1.54) is 18.2 Å². The zero-order valence-corrected chi connectivity index (χ0v) is 14.4. The van der Waals surface area contributed by atoms with Crippen molar-refractivity contribution in [2.45, 2.75) is 0 Å². The first-order valence-corrected chi connectivity index (χ1v) is 7.89. The van der Waals surface area contributed by atoms with Crippen LogP contribution < -0.4 is 14.2 Å². The summed E-state index contributed by atoms with van der Waals surface area (Å²) in [5, 5.41) is 10.8. The first-order valence-electron chi connectivity index (χ1n) is 7.51. The van der Waals surface area contributed by atoms with Gasteiger partial charge in [-0.05, 0) is 18.2 Å². The lowest BCUT2D eigenvalue weighted by Gasteiger charge is -2.10. The molecule has 134 valence electrons. The number of nitro benzene ring substituents is 1. The summed E-state index contributed by atoms with van der Waals surface area (Å²) in [5.41, 5.74) is -0.0803. The van der Waals surface area contributed by atoms with E-state index in [-0.39, 0.29) is 17.3 Å². The lowest BCUT2D eigenvalue weighted by atomic mass is 10.3. The highest BCUT2D eigenvalue weighted by Gasteiger charge is 2.10. The molecule has 0 heterocycles. The molecule has 0 atom stereocenters. The molecule has 8 heteroatoms. The van der Waals surface area contributed by atoms with Gasteiger partial charge >= 0.3 is 0 Å². The molecular formula is C17H18ClNO6. The average Bonchev–Trinajstić information content (AvgIpc) is 2.62. The second kappa shape index (κ2) is 9.71. The van der Waals surface area contributed by atoms with Crippen LogP contribution in [0.2, 0.25) is 5.02 Å². The van der Waals surface area contributed by atoms with Gasteiger partial charge in [-0.25, -0.2) is 0 Å². The van der Waals surface area contributed by atoms with Crippen LogP contribution in [0.5, 0.6) is 17.2 Å². The second-order valence-electron chi connectivity index (χ2n) is 4.86. The number of hydrogen-bond acceptors (Lipinski definition) is 6. The van der Waals surface area contributed by atoms with Gasteiger partial charge in [-0.15, -0.1) is 0 Å². The Hall–Kier alpha value is -2.51. The Morgan fingerprint density at radius 2 is 1.72 bits per heavy atom. The van der Waals surface area contributed by atoms with E-state index >= 15 is 0 Å². The van der Waals surface area contributed by atoms with Gasteiger partial charge in [-0.3, -0.25) is 10.1 Å². The summed E-state index contributed by atoms with van der Waals surface area (Å²) in [4.78, 5) is 10.1. The zero-order valence-electron chi connectivity index (χ0n) is 13.6. The Balaban J connectivity index is 1.62. The number of rotatable bonds is 10. The third-order valence-electron chi connectivity index (χ3n) is 3.15. The van der Waals surface area contributed by atoms with Crippen LogP contribution in [0.4, 0.5) is 5.69 Å². The number of non-ortho nitro benzene ring substituents is 1. The van der Waals surface area contributed by atoms with Crippen LogP contribution in [-0.2, 0) is 4.74 Å². The maximum absolute atomic E-state index is 10.6. The molecule has 2 rings (SSSR count). The number of nitrogens with zero attached hydrogens (tertiary/aromatic N) is 1. The molecule has 0 N–H and O–H groups in total. The van der Waals surface area contributed by atoms with Crippen molar-refractivity contribution < 1.29 is 23.9 Å². The highest BCUT2D eigenvalue weighted by molar-refractivity contribution is 6.32. The Kier molecular flexibility index (Phi) is 7.31. The molecule has 0 radical (unpaired) electrons. The molecule has 0 fully saturated rings. The van der Waals surface area contributed by atoms with Crippen LogP contribution in [0.15, 0.2) is 42.5 Å². The van der Waals surface area contributed by atoms with Crippen molar-refractivity contribution in [3.8, 4) is 17.2 Å². The predicted octanol–water partition coefficient (Wildman–Crippen LogP) is 3.73. The van der Waals surface area contributed by atoms with E-state index in [1.54, 1.807) is 13.2 Å². The van der Waals surface area contributed by atoms with Crippen LogP contribution in [0.1, 0.15) is 0 Å². The fourth-order valence-corrected chi connectivity index (χ4v) is 2.17. The smallest absolute Gasteiger partial charge is 0.271 e. The molecule has 2 aromatic rings. The van der Waals surface area contributed by atoms with Crippen LogP contribution >= 0.6 is 11.6 Å². The lowest BCUT2D eigenvalue weighted by molar-refractivity contribution is -0.384. The number of methoxy groups -OCH3 is 1. The normalized spacial score (nSPS) is 10.3. The third-order valence-corrected chi connectivity index (χ3v) is 3.44. The van der Waals surface area contributed by atoms with E-state index in [0.717, 1.165) is 5.75 Å². The minimum absolute atomic E-state index is 0.0803. The molecule has 0 aromatic heterocycles. The fraction of sp³-hybridized carbons (Fsp3) is 0.294. The van der Waals surface area contributed by atoms with Crippen molar-refractivity contribution in [3.63, 3.8) is 0 Å². The van der Waals surface area contributed by atoms with Gasteiger partial charge in [0, 0.05) is 18.2 Å². The van der Waals surface area contributed by atoms with E-state index in [4.69, 9.17) is 30.5 Å². The van der Waals surface area contributed by atoms with Crippen molar-refractivity contribution >= 4 is 17.3 Å². The summed E-state index contributed by atoms with van der Waals surface area (Å²) in [6.07, 6.45) is 0. The monoisotopic (exact) mass is 367 g/mol. The average molecular weight is 368 g/mol. The second-order valence-corrected chi connectivity index (χ2v) is 5.27. The maximum Gasteiger partial charge on any atom is 0.271 e. The van der Waals surface area contributed by atoms with Crippen LogP contribution in [0.25, 0.3) is 0 Å². The van der Waals surface area contributed by atoms with Gasteiger partial charge in [0.1, 0.15) is 30.5 Å². The SMILES string of the molecule is COc1cccc(OCCOCCOc2ccc([N+](=O)[O-])cc2Cl)c1. The summed E-state index contributed by atoms with van der Waals surface area (Å²) in [7, 11) is 1.60. The molecule has 0 aliphatic heterocycles. The topological polar surface area (TPSA) is 80.1 Å². The van der Waals surface area contributed by atoms with Gasteiger partial charge in [0.25, 0.3) is 5.69 Å². The molecule has 0 spiro atoms. The Morgan fingerprint density at radius 1 is 1.00 bits per heavy atom. The summed E-state index contributed by atoms with van der Waals surface area (Å²) >= 11 is 5.93. The molecule has 0 unspecified atom stereocenters. The minimum Gasteiger partial charge on any atom is -0.497 e. The van der Waals surface area contributed by atoms with Gasteiger partial charge in [-0.1, -0.05) is 17.7 Å². The summed E-state index contributed by atoms with van der Waals surface area (Å²) in [6, 6.07) is 11.4. The number of hydrogen-bond donors (Lipinski definition) is 0. The number of benzene rings is 2. The Morgan fingerprint density at radius 3 is 2.40 bits per heavy atom. The van der Waals surface area contributed by atoms with Crippen molar-refractivity contribution in [1.29, 1.82) is 0 Å². The van der Waals surface area contributed by atoms with Gasteiger partial charge in [0.15, 0.2) is 0 Å². The highest BCUT2D eigenvalue weighted by atomic mass is 35.5. The van der Waals surface area contributed by atoms with Crippen molar-refractivity contribution in [1.82, 2.24) is 0 Å².